The summed E-state index contributed by atoms with van der Waals surface area (Å²) in [6.45, 7) is 3.04. The van der Waals surface area contributed by atoms with E-state index in [0.29, 0.717) is 6.10 Å². The van der Waals surface area contributed by atoms with E-state index >= 15 is 0 Å². The number of nitrogens with one attached hydrogen (secondary N) is 1. The van der Waals surface area contributed by atoms with Gasteiger partial charge in [0.25, 0.3) is 0 Å². The normalized spacial score (nSPS) is 20.4. The molecule has 0 bridgehead atoms. The number of rotatable bonds is 6. The summed E-state index contributed by atoms with van der Waals surface area (Å²) in [5, 5.41) is 7.60. The summed E-state index contributed by atoms with van der Waals surface area (Å²) in [6.07, 6.45) is 7.02. The highest BCUT2D eigenvalue weighted by molar-refractivity contribution is 5.00. The molecule has 2 rings (SSSR count). The third kappa shape index (κ3) is 3.32. The van der Waals surface area contributed by atoms with Crippen molar-refractivity contribution >= 4 is 0 Å². The summed E-state index contributed by atoms with van der Waals surface area (Å²) in [5.41, 5.74) is 1.28. The van der Waals surface area contributed by atoms with Gasteiger partial charge in [-0.25, -0.2) is 0 Å². The number of aryl methyl sites for hydroxylation is 1. The summed E-state index contributed by atoms with van der Waals surface area (Å²) >= 11 is 0. The molecule has 1 saturated heterocycles. The van der Waals surface area contributed by atoms with E-state index in [4.69, 9.17) is 4.74 Å². The van der Waals surface area contributed by atoms with Crippen LogP contribution in [0.4, 0.5) is 0 Å². The van der Waals surface area contributed by atoms with Crippen LogP contribution in [0.3, 0.4) is 0 Å². The molecule has 0 spiro atoms. The van der Waals surface area contributed by atoms with Crippen molar-refractivity contribution in [3.63, 3.8) is 0 Å². The molecule has 0 aromatic carbocycles. The fourth-order valence-corrected chi connectivity index (χ4v) is 2.12. The minimum atomic E-state index is 0.504. The van der Waals surface area contributed by atoms with E-state index < -0.39 is 0 Å². The average molecular weight is 223 g/mol. The first-order valence-corrected chi connectivity index (χ1v) is 6.15. The number of aromatic nitrogens is 2. The molecular weight excluding hydrogens is 202 g/mol. The molecule has 1 aliphatic rings. The van der Waals surface area contributed by atoms with E-state index in [1.54, 1.807) is 0 Å². The molecule has 0 radical (unpaired) electrons. The number of nitrogens with zero attached hydrogens (tertiary/aromatic N) is 2. The summed E-state index contributed by atoms with van der Waals surface area (Å²) in [5.74, 6) is 0. The maximum atomic E-state index is 5.57. The van der Waals surface area contributed by atoms with Crippen LogP contribution in [0.1, 0.15) is 25.0 Å². The van der Waals surface area contributed by atoms with Crippen LogP contribution in [-0.4, -0.2) is 35.6 Å². The SMILES string of the molecule is Cn1nccc1CCNCCC1CCCO1. The van der Waals surface area contributed by atoms with Crippen molar-refractivity contribution in [3.8, 4) is 0 Å². The second kappa shape index (κ2) is 6.01. The molecule has 90 valence electrons. The first-order valence-electron chi connectivity index (χ1n) is 6.15. The van der Waals surface area contributed by atoms with Gasteiger partial charge in [0.05, 0.1) is 6.10 Å². The van der Waals surface area contributed by atoms with Crippen LogP contribution in [0.15, 0.2) is 12.3 Å². The smallest absolute Gasteiger partial charge is 0.0588 e. The van der Waals surface area contributed by atoms with Crippen LogP contribution in [0, 0.1) is 0 Å². The van der Waals surface area contributed by atoms with Crippen LogP contribution in [-0.2, 0) is 18.2 Å². The molecule has 0 amide bonds. The van der Waals surface area contributed by atoms with Crippen LogP contribution < -0.4 is 5.32 Å². The van der Waals surface area contributed by atoms with Gasteiger partial charge in [0.15, 0.2) is 0 Å². The maximum absolute atomic E-state index is 5.57. The Morgan fingerprint density at radius 2 is 2.50 bits per heavy atom. The number of hydrogen-bond donors (Lipinski definition) is 1. The largest absolute Gasteiger partial charge is 0.378 e. The van der Waals surface area contributed by atoms with Gasteiger partial charge < -0.3 is 10.1 Å². The van der Waals surface area contributed by atoms with Gasteiger partial charge in [-0.3, -0.25) is 4.68 Å². The molecule has 1 unspecified atom stereocenters. The first kappa shape index (κ1) is 11.6. The monoisotopic (exact) mass is 223 g/mol. The lowest BCUT2D eigenvalue weighted by atomic mass is 10.2. The molecule has 1 aromatic heterocycles. The van der Waals surface area contributed by atoms with Crippen molar-refractivity contribution in [2.24, 2.45) is 7.05 Å². The summed E-state index contributed by atoms with van der Waals surface area (Å²) < 4.78 is 7.50. The molecular formula is C12H21N3O. The molecule has 0 saturated carbocycles. The van der Waals surface area contributed by atoms with Gasteiger partial charge in [0, 0.05) is 38.5 Å². The Balaban J connectivity index is 1.53. The fraction of sp³-hybridized carbons (Fsp3) is 0.750. The molecule has 1 aliphatic heterocycles. The maximum Gasteiger partial charge on any atom is 0.0588 e. The van der Waals surface area contributed by atoms with Crippen molar-refractivity contribution in [1.82, 2.24) is 15.1 Å². The van der Waals surface area contributed by atoms with Crippen LogP contribution in [0.25, 0.3) is 0 Å². The van der Waals surface area contributed by atoms with Crippen LogP contribution >= 0.6 is 0 Å². The Bertz CT molecular complexity index is 305. The quantitative estimate of drug-likeness (QED) is 0.735. The van der Waals surface area contributed by atoms with E-state index in [0.717, 1.165) is 32.5 Å². The van der Waals surface area contributed by atoms with Crippen molar-refractivity contribution in [3.05, 3.63) is 18.0 Å². The molecule has 1 N–H and O–H groups in total. The fourth-order valence-electron chi connectivity index (χ4n) is 2.12. The molecule has 4 heteroatoms. The molecule has 4 nitrogen and oxygen atoms in total. The van der Waals surface area contributed by atoms with Gasteiger partial charge in [0.1, 0.15) is 0 Å². The topological polar surface area (TPSA) is 39.1 Å². The van der Waals surface area contributed by atoms with Gasteiger partial charge in [-0.2, -0.15) is 5.10 Å². The zero-order valence-electron chi connectivity index (χ0n) is 9.98. The highest BCUT2D eigenvalue weighted by Crippen LogP contribution is 2.14. The van der Waals surface area contributed by atoms with E-state index in [9.17, 15) is 0 Å². The Morgan fingerprint density at radius 1 is 1.56 bits per heavy atom. The number of hydrogen-bond acceptors (Lipinski definition) is 3. The van der Waals surface area contributed by atoms with Crippen LogP contribution in [0.5, 0.6) is 0 Å². The highest BCUT2D eigenvalue weighted by atomic mass is 16.5. The lowest BCUT2D eigenvalue weighted by molar-refractivity contribution is 0.104. The van der Waals surface area contributed by atoms with Gasteiger partial charge in [0.2, 0.25) is 0 Å². The first-order chi connectivity index (χ1) is 7.86. The van der Waals surface area contributed by atoms with Gasteiger partial charge in [-0.05, 0) is 31.9 Å². The van der Waals surface area contributed by atoms with Gasteiger partial charge in [-0.15, -0.1) is 0 Å². The minimum absolute atomic E-state index is 0.504. The summed E-state index contributed by atoms with van der Waals surface area (Å²) in [4.78, 5) is 0. The van der Waals surface area contributed by atoms with Crippen molar-refractivity contribution in [2.75, 3.05) is 19.7 Å². The lowest BCUT2D eigenvalue weighted by Crippen LogP contribution is -2.23. The third-order valence-electron chi connectivity index (χ3n) is 3.15. The van der Waals surface area contributed by atoms with Crippen molar-refractivity contribution in [2.45, 2.75) is 31.8 Å². The second-order valence-corrected chi connectivity index (χ2v) is 4.37. The highest BCUT2D eigenvalue weighted by Gasteiger charge is 2.14. The Kier molecular flexibility index (Phi) is 4.36. The molecule has 2 heterocycles. The van der Waals surface area contributed by atoms with E-state index in [1.807, 2.05) is 17.9 Å². The third-order valence-corrected chi connectivity index (χ3v) is 3.15. The predicted molar refractivity (Wildman–Crippen MR) is 63.4 cm³/mol. The van der Waals surface area contributed by atoms with Gasteiger partial charge in [-0.1, -0.05) is 0 Å². The zero-order chi connectivity index (χ0) is 11.2. The van der Waals surface area contributed by atoms with Crippen molar-refractivity contribution in [1.29, 1.82) is 0 Å². The van der Waals surface area contributed by atoms with Crippen molar-refractivity contribution < 1.29 is 4.74 Å². The Labute approximate surface area is 97.0 Å². The standard InChI is InChI=1S/C12H21N3O/c1-15-11(5-9-14-15)4-7-13-8-6-12-3-2-10-16-12/h5,9,12-13H,2-4,6-8,10H2,1H3. The molecule has 1 aromatic rings. The summed E-state index contributed by atoms with van der Waals surface area (Å²) in [6, 6.07) is 2.07. The molecule has 0 aliphatic carbocycles. The predicted octanol–water partition coefficient (Wildman–Crippen LogP) is 1.12. The second-order valence-electron chi connectivity index (χ2n) is 4.37. The molecule has 1 fully saturated rings. The Morgan fingerprint density at radius 3 is 3.19 bits per heavy atom. The van der Waals surface area contributed by atoms with Gasteiger partial charge >= 0.3 is 0 Å². The lowest BCUT2D eigenvalue weighted by Gasteiger charge is -2.09. The van der Waals surface area contributed by atoms with E-state index in [1.165, 1.54) is 18.5 Å². The summed E-state index contributed by atoms with van der Waals surface area (Å²) in [7, 11) is 1.99. The van der Waals surface area contributed by atoms with Crippen LogP contribution in [0.2, 0.25) is 0 Å². The molecule has 16 heavy (non-hydrogen) atoms. The Hall–Kier alpha value is -0.870. The van der Waals surface area contributed by atoms with E-state index in [-0.39, 0.29) is 0 Å². The minimum Gasteiger partial charge on any atom is -0.378 e. The van der Waals surface area contributed by atoms with E-state index in [2.05, 4.69) is 16.5 Å². The number of ether oxygens (including phenoxy) is 1. The zero-order valence-corrected chi connectivity index (χ0v) is 9.98. The average Bonchev–Trinajstić information content (AvgIpc) is 2.90. The molecule has 1 atom stereocenters.